The fraction of sp³-hybridized carbons (Fsp3) is 0.0638. The molecule has 49 heavy (non-hydrogen) atoms. The van der Waals surface area contributed by atoms with Gasteiger partial charge in [0.1, 0.15) is 11.2 Å². The van der Waals surface area contributed by atoms with Gasteiger partial charge in [-0.15, -0.1) is 0 Å². The number of rotatable bonds is 4. The first-order valence-corrected chi connectivity index (χ1v) is 17.0. The van der Waals surface area contributed by atoms with Crippen molar-refractivity contribution in [2.24, 2.45) is 0 Å². The Morgan fingerprint density at radius 1 is 0.429 bits per heavy atom. The van der Waals surface area contributed by atoms with Gasteiger partial charge in [-0.3, -0.25) is 0 Å². The summed E-state index contributed by atoms with van der Waals surface area (Å²) in [4.78, 5) is 2.39. The maximum atomic E-state index is 6.51. The second kappa shape index (κ2) is 10.4. The fourth-order valence-corrected chi connectivity index (χ4v) is 8.08. The lowest BCUT2D eigenvalue weighted by atomic mass is 9.82. The zero-order valence-corrected chi connectivity index (χ0v) is 27.4. The molecule has 0 unspecified atom stereocenters. The Hall–Kier alpha value is -6.12. The average molecular weight is 628 g/mol. The Morgan fingerprint density at radius 2 is 1.08 bits per heavy atom. The normalized spacial score (nSPS) is 13.3. The molecular weight excluding hydrogens is 595 g/mol. The number of anilines is 3. The first-order valence-electron chi connectivity index (χ1n) is 17.0. The summed E-state index contributed by atoms with van der Waals surface area (Å²) in [5.41, 5.74) is 12.9. The summed E-state index contributed by atoms with van der Waals surface area (Å²) in [7, 11) is 0. The quantitative estimate of drug-likeness (QED) is 0.193. The highest BCUT2D eigenvalue weighted by molar-refractivity contribution is 6.15. The van der Waals surface area contributed by atoms with Crippen LogP contribution in [0.1, 0.15) is 25.0 Å². The van der Waals surface area contributed by atoms with Crippen molar-refractivity contribution in [1.82, 2.24) is 0 Å². The van der Waals surface area contributed by atoms with E-state index in [1.54, 1.807) is 0 Å². The van der Waals surface area contributed by atoms with E-state index in [1.807, 2.05) is 6.07 Å². The van der Waals surface area contributed by atoms with Gasteiger partial charge >= 0.3 is 0 Å². The Kier molecular flexibility index (Phi) is 5.95. The standard InChI is InChI=1S/C47H33NO/c1-47(2)43-13-7-5-11-38(43)39-26-24-37(29-44(39)47)48(35-21-17-31(18-22-35)34-16-15-30-9-3-4-10-33(30)27-34)36-23-19-32-20-25-41-40-12-6-8-14-45(40)49-46(41)42(32)28-36/h3-29H,1-2H3. The van der Waals surface area contributed by atoms with Crippen molar-refractivity contribution in [2.45, 2.75) is 19.3 Å². The average Bonchev–Trinajstić information content (AvgIpc) is 3.64. The molecular formula is C47H33NO. The first-order chi connectivity index (χ1) is 24.0. The maximum Gasteiger partial charge on any atom is 0.143 e. The zero-order valence-electron chi connectivity index (χ0n) is 27.4. The molecule has 0 saturated heterocycles. The Bertz CT molecular complexity index is 2750. The molecule has 0 spiro atoms. The van der Waals surface area contributed by atoms with Crippen LogP contribution in [0.2, 0.25) is 0 Å². The molecule has 1 aliphatic rings. The van der Waals surface area contributed by atoms with Gasteiger partial charge in [-0.05, 0) is 104 Å². The van der Waals surface area contributed by atoms with Crippen LogP contribution in [-0.4, -0.2) is 0 Å². The van der Waals surface area contributed by atoms with Crippen molar-refractivity contribution in [1.29, 1.82) is 0 Å². The maximum absolute atomic E-state index is 6.51. The van der Waals surface area contributed by atoms with Crippen molar-refractivity contribution < 1.29 is 4.42 Å². The second-order valence-electron chi connectivity index (χ2n) is 13.8. The second-order valence-corrected chi connectivity index (χ2v) is 13.8. The van der Waals surface area contributed by atoms with E-state index in [1.165, 1.54) is 44.2 Å². The molecule has 0 saturated carbocycles. The van der Waals surface area contributed by atoms with Crippen LogP contribution in [0.15, 0.2) is 168 Å². The predicted octanol–water partition coefficient (Wildman–Crippen LogP) is 13.3. The van der Waals surface area contributed by atoms with E-state index >= 15 is 0 Å². The molecule has 0 atom stereocenters. The third-order valence-electron chi connectivity index (χ3n) is 10.6. The van der Waals surface area contributed by atoms with E-state index in [-0.39, 0.29) is 5.41 Å². The van der Waals surface area contributed by atoms with E-state index in [2.05, 4.69) is 176 Å². The Labute approximate surface area is 285 Å². The number of para-hydroxylation sites is 1. The molecule has 0 aliphatic heterocycles. The minimum Gasteiger partial charge on any atom is -0.455 e. The smallest absolute Gasteiger partial charge is 0.143 e. The van der Waals surface area contributed by atoms with Crippen LogP contribution in [0.4, 0.5) is 17.1 Å². The number of furan rings is 1. The van der Waals surface area contributed by atoms with E-state index in [0.717, 1.165) is 49.8 Å². The number of hydrogen-bond donors (Lipinski definition) is 0. The SMILES string of the molecule is CC1(C)c2ccccc2-c2ccc(N(c3ccc(-c4ccc5ccccc5c4)cc3)c3ccc4ccc5c6ccccc6oc5c4c3)cc21. The van der Waals surface area contributed by atoms with E-state index in [4.69, 9.17) is 4.42 Å². The Balaban J connectivity index is 1.15. The highest BCUT2D eigenvalue weighted by Gasteiger charge is 2.35. The van der Waals surface area contributed by atoms with Crippen molar-refractivity contribution in [3.8, 4) is 22.3 Å². The van der Waals surface area contributed by atoms with Crippen LogP contribution in [0.5, 0.6) is 0 Å². The van der Waals surface area contributed by atoms with Gasteiger partial charge in [0.2, 0.25) is 0 Å². The van der Waals surface area contributed by atoms with Gasteiger partial charge in [0.15, 0.2) is 0 Å². The largest absolute Gasteiger partial charge is 0.455 e. The van der Waals surface area contributed by atoms with Crippen molar-refractivity contribution in [2.75, 3.05) is 4.90 Å². The molecule has 9 aromatic rings. The summed E-state index contributed by atoms with van der Waals surface area (Å²) >= 11 is 0. The van der Waals surface area contributed by atoms with Crippen LogP contribution < -0.4 is 4.90 Å². The van der Waals surface area contributed by atoms with Gasteiger partial charge in [0, 0.05) is 38.6 Å². The highest BCUT2D eigenvalue weighted by Crippen LogP contribution is 2.51. The summed E-state index contributed by atoms with van der Waals surface area (Å²) in [6.45, 7) is 4.69. The van der Waals surface area contributed by atoms with E-state index < -0.39 is 0 Å². The van der Waals surface area contributed by atoms with Gasteiger partial charge < -0.3 is 9.32 Å². The lowest BCUT2D eigenvalue weighted by Gasteiger charge is -2.28. The monoisotopic (exact) mass is 627 g/mol. The molecule has 2 heteroatoms. The van der Waals surface area contributed by atoms with Gasteiger partial charge in [-0.2, -0.15) is 0 Å². The minimum atomic E-state index is -0.0998. The number of nitrogens with zero attached hydrogens (tertiary/aromatic N) is 1. The first kappa shape index (κ1) is 27.9. The van der Waals surface area contributed by atoms with Crippen molar-refractivity contribution in [3.05, 3.63) is 175 Å². The molecule has 0 radical (unpaired) electrons. The topological polar surface area (TPSA) is 16.4 Å². The molecule has 10 rings (SSSR count). The van der Waals surface area contributed by atoms with E-state index in [9.17, 15) is 0 Å². The molecule has 232 valence electrons. The van der Waals surface area contributed by atoms with Crippen LogP contribution in [0.25, 0.3) is 65.7 Å². The minimum absolute atomic E-state index is 0.0998. The lowest BCUT2D eigenvalue weighted by Crippen LogP contribution is -2.16. The number of fused-ring (bicyclic) bond motifs is 9. The Morgan fingerprint density at radius 3 is 1.98 bits per heavy atom. The summed E-state index contributed by atoms with van der Waals surface area (Å²) in [6.07, 6.45) is 0. The molecule has 0 N–H and O–H groups in total. The van der Waals surface area contributed by atoms with Crippen LogP contribution in [0, 0.1) is 0 Å². The fourth-order valence-electron chi connectivity index (χ4n) is 8.08. The third kappa shape index (κ3) is 4.27. The number of hydrogen-bond acceptors (Lipinski definition) is 2. The van der Waals surface area contributed by atoms with Crippen molar-refractivity contribution >= 4 is 60.5 Å². The molecule has 1 heterocycles. The predicted molar refractivity (Wildman–Crippen MR) is 206 cm³/mol. The van der Waals surface area contributed by atoms with Crippen LogP contribution in [0.3, 0.4) is 0 Å². The molecule has 2 nitrogen and oxygen atoms in total. The third-order valence-corrected chi connectivity index (χ3v) is 10.6. The van der Waals surface area contributed by atoms with Crippen LogP contribution in [-0.2, 0) is 5.41 Å². The summed E-state index contributed by atoms with van der Waals surface area (Å²) in [6, 6.07) is 59.6. The summed E-state index contributed by atoms with van der Waals surface area (Å²) in [5, 5.41) is 7.06. The summed E-state index contributed by atoms with van der Waals surface area (Å²) < 4.78 is 6.51. The molecule has 1 aliphatic carbocycles. The van der Waals surface area contributed by atoms with Gasteiger partial charge in [0.05, 0.1) is 0 Å². The molecule has 0 bridgehead atoms. The van der Waals surface area contributed by atoms with E-state index in [0.29, 0.717) is 0 Å². The summed E-state index contributed by atoms with van der Waals surface area (Å²) in [5.74, 6) is 0. The van der Waals surface area contributed by atoms with Gasteiger partial charge in [-0.1, -0.05) is 123 Å². The molecule has 0 amide bonds. The van der Waals surface area contributed by atoms with Gasteiger partial charge in [0.25, 0.3) is 0 Å². The highest BCUT2D eigenvalue weighted by atomic mass is 16.3. The van der Waals surface area contributed by atoms with Crippen LogP contribution >= 0.6 is 0 Å². The molecule has 1 aromatic heterocycles. The van der Waals surface area contributed by atoms with Crippen molar-refractivity contribution in [3.63, 3.8) is 0 Å². The molecule has 0 fully saturated rings. The lowest BCUT2D eigenvalue weighted by molar-refractivity contribution is 0.660. The van der Waals surface area contributed by atoms with Gasteiger partial charge in [-0.25, -0.2) is 0 Å². The molecule has 8 aromatic carbocycles. The number of benzene rings is 8. The zero-order chi connectivity index (χ0) is 32.7.